The molecule has 1 atom stereocenters. The topological polar surface area (TPSA) is 20.2 Å². The van der Waals surface area contributed by atoms with Gasteiger partial charge in [-0.25, -0.2) is 4.39 Å². The Balaban J connectivity index is 3.27. The summed E-state index contributed by atoms with van der Waals surface area (Å²) in [5, 5.41) is 9.33. The third-order valence-corrected chi connectivity index (χ3v) is 2.06. The fourth-order valence-corrected chi connectivity index (χ4v) is 1.29. The van der Waals surface area contributed by atoms with Gasteiger partial charge in [-0.1, -0.05) is 6.92 Å². The maximum absolute atomic E-state index is 12.8. The lowest BCUT2D eigenvalue weighted by atomic mass is 10.00. The maximum Gasteiger partial charge on any atom is 0.416 e. The Morgan fingerprint density at radius 1 is 1.33 bits per heavy atom. The van der Waals surface area contributed by atoms with Crippen molar-refractivity contribution in [2.75, 3.05) is 0 Å². The van der Waals surface area contributed by atoms with Crippen LogP contribution in [-0.4, -0.2) is 5.11 Å². The van der Waals surface area contributed by atoms with Crippen LogP contribution in [-0.2, 0) is 6.18 Å². The zero-order valence-electron chi connectivity index (χ0n) is 7.98. The van der Waals surface area contributed by atoms with Crippen molar-refractivity contribution in [3.63, 3.8) is 0 Å². The van der Waals surface area contributed by atoms with E-state index in [0.717, 1.165) is 12.1 Å². The fourth-order valence-electron chi connectivity index (χ4n) is 1.29. The Bertz CT molecular complexity index is 346. The first-order valence-electron chi connectivity index (χ1n) is 4.41. The molecule has 1 aromatic carbocycles. The molecule has 0 amide bonds. The molecule has 0 saturated heterocycles. The molecule has 0 aliphatic carbocycles. The molecule has 1 aromatic rings. The van der Waals surface area contributed by atoms with Gasteiger partial charge in [0.05, 0.1) is 11.7 Å². The van der Waals surface area contributed by atoms with Crippen molar-refractivity contribution < 1.29 is 22.7 Å². The SMILES string of the molecule is CCC(O)c1cc(F)ccc1C(F)(F)F. The summed E-state index contributed by atoms with van der Waals surface area (Å²) >= 11 is 0. The van der Waals surface area contributed by atoms with Gasteiger partial charge in [0, 0.05) is 0 Å². The summed E-state index contributed by atoms with van der Waals surface area (Å²) in [4.78, 5) is 0. The Morgan fingerprint density at radius 3 is 2.40 bits per heavy atom. The van der Waals surface area contributed by atoms with E-state index >= 15 is 0 Å². The Labute approximate surface area is 84.3 Å². The van der Waals surface area contributed by atoms with Crippen molar-refractivity contribution in [2.45, 2.75) is 25.6 Å². The van der Waals surface area contributed by atoms with Gasteiger partial charge in [0.2, 0.25) is 0 Å². The molecular formula is C10H10F4O. The summed E-state index contributed by atoms with van der Waals surface area (Å²) in [6.07, 6.45) is -5.76. The number of aliphatic hydroxyl groups is 1. The highest BCUT2D eigenvalue weighted by atomic mass is 19.4. The van der Waals surface area contributed by atoms with Crippen molar-refractivity contribution in [1.82, 2.24) is 0 Å². The summed E-state index contributed by atoms with van der Waals surface area (Å²) in [6.45, 7) is 1.52. The largest absolute Gasteiger partial charge is 0.416 e. The number of benzene rings is 1. The summed E-state index contributed by atoms with van der Waals surface area (Å²) in [5.41, 5.74) is -1.40. The van der Waals surface area contributed by atoms with Crippen LogP contribution in [0.1, 0.15) is 30.6 Å². The van der Waals surface area contributed by atoms with E-state index in [0.29, 0.717) is 6.07 Å². The first-order valence-corrected chi connectivity index (χ1v) is 4.41. The molecule has 0 aliphatic rings. The molecular weight excluding hydrogens is 212 g/mol. The second kappa shape index (κ2) is 4.18. The van der Waals surface area contributed by atoms with Crippen LogP contribution in [0.3, 0.4) is 0 Å². The standard InChI is InChI=1S/C10H10F4O/c1-2-9(15)7-5-6(11)3-4-8(7)10(12,13)14/h3-5,9,15H,2H2,1H3. The average molecular weight is 222 g/mol. The van der Waals surface area contributed by atoms with Crippen molar-refractivity contribution in [3.8, 4) is 0 Å². The van der Waals surface area contributed by atoms with Gasteiger partial charge >= 0.3 is 6.18 Å². The van der Waals surface area contributed by atoms with Gasteiger partial charge in [-0.3, -0.25) is 0 Å². The monoisotopic (exact) mass is 222 g/mol. The molecule has 0 bridgehead atoms. The molecule has 0 radical (unpaired) electrons. The van der Waals surface area contributed by atoms with Crippen LogP contribution in [0.25, 0.3) is 0 Å². The average Bonchev–Trinajstić information content (AvgIpc) is 2.14. The van der Waals surface area contributed by atoms with Crippen LogP contribution in [0, 0.1) is 5.82 Å². The van der Waals surface area contributed by atoms with Crippen molar-refractivity contribution in [2.24, 2.45) is 0 Å². The van der Waals surface area contributed by atoms with E-state index in [1.54, 1.807) is 0 Å². The van der Waals surface area contributed by atoms with Crippen LogP contribution in [0.5, 0.6) is 0 Å². The summed E-state index contributed by atoms with van der Waals surface area (Å²) in [7, 11) is 0. The zero-order chi connectivity index (χ0) is 11.6. The maximum atomic E-state index is 12.8. The second-order valence-corrected chi connectivity index (χ2v) is 3.15. The third kappa shape index (κ3) is 2.68. The van der Waals surface area contributed by atoms with E-state index < -0.39 is 29.2 Å². The lowest BCUT2D eigenvalue weighted by Crippen LogP contribution is -2.12. The number of hydrogen-bond donors (Lipinski definition) is 1. The molecule has 1 unspecified atom stereocenters. The van der Waals surface area contributed by atoms with Gasteiger partial charge in [-0.15, -0.1) is 0 Å². The molecule has 0 fully saturated rings. The van der Waals surface area contributed by atoms with Gasteiger partial charge in [0.15, 0.2) is 0 Å². The predicted octanol–water partition coefficient (Wildman–Crippen LogP) is 3.29. The van der Waals surface area contributed by atoms with Gasteiger partial charge < -0.3 is 5.11 Å². The highest BCUT2D eigenvalue weighted by Crippen LogP contribution is 2.35. The molecule has 0 aromatic heterocycles. The van der Waals surface area contributed by atoms with Gasteiger partial charge in [-0.2, -0.15) is 13.2 Å². The molecule has 84 valence electrons. The molecule has 15 heavy (non-hydrogen) atoms. The van der Waals surface area contributed by atoms with Crippen molar-refractivity contribution in [1.29, 1.82) is 0 Å². The predicted molar refractivity (Wildman–Crippen MR) is 46.7 cm³/mol. The minimum absolute atomic E-state index is 0.104. The van der Waals surface area contributed by atoms with E-state index in [9.17, 15) is 22.7 Å². The summed E-state index contributed by atoms with van der Waals surface area (Å²) in [6, 6.07) is 2.09. The second-order valence-electron chi connectivity index (χ2n) is 3.15. The summed E-state index contributed by atoms with van der Waals surface area (Å²) < 4.78 is 50.1. The van der Waals surface area contributed by atoms with Crippen LogP contribution in [0.2, 0.25) is 0 Å². The van der Waals surface area contributed by atoms with Gasteiger partial charge in [-0.05, 0) is 30.2 Å². The first-order chi connectivity index (χ1) is 6.86. The third-order valence-electron chi connectivity index (χ3n) is 2.06. The quantitative estimate of drug-likeness (QED) is 0.761. The molecule has 0 spiro atoms. The molecule has 5 heteroatoms. The fraction of sp³-hybridized carbons (Fsp3) is 0.400. The smallest absolute Gasteiger partial charge is 0.388 e. The molecule has 0 aliphatic heterocycles. The zero-order valence-corrected chi connectivity index (χ0v) is 7.98. The number of rotatable bonds is 2. The lowest BCUT2D eigenvalue weighted by molar-refractivity contribution is -0.139. The highest BCUT2D eigenvalue weighted by molar-refractivity contribution is 5.32. The molecule has 0 heterocycles. The van der Waals surface area contributed by atoms with E-state index in [1.165, 1.54) is 6.92 Å². The van der Waals surface area contributed by atoms with Crippen LogP contribution in [0.15, 0.2) is 18.2 Å². The van der Waals surface area contributed by atoms with E-state index in [4.69, 9.17) is 0 Å². The molecule has 0 saturated carbocycles. The Morgan fingerprint density at radius 2 is 1.93 bits per heavy atom. The van der Waals surface area contributed by atoms with Gasteiger partial charge in [0.25, 0.3) is 0 Å². The minimum atomic E-state index is -4.57. The molecule has 1 nitrogen and oxygen atoms in total. The number of halogens is 4. The van der Waals surface area contributed by atoms with Crippen LogP contribution >= 0.6 is 0 Å². The van der Waals surface area contributed by atoms with E-state index in [-0.39, 0.29) is 6.42 Å². The Kier molecular flexibility index (Phi) is 3.34. The summed E-state index contributed by atoms with van der Waals surface area (Å²) in [5.74, 6) is -0.787. The van der Waals surface area contributed by atoms with Gasteiger partial charge in [0.1, 0.15) is 5.82 Å². The molecule has 1 N–H and O–H groups in total. The first kappa shape index (κ1) is 12.0. The number of alkyl halides is 3. The van der Waals surface area contributed by atoms with Crippen LogP contribution < -0.4 is 0 Å². The van der Waals surface area contributed by atoms with Crippen molar-refractivity contribution in [3.05, 3.63) is 35.1 Å². The minimum Gasteiger partial charge on any atom is -0.388 e. The normalized spacial score (nSPS) is 14.0. The highest BCUT2D eigenvalue weighted by Gasteiger charge is 2.34. The number of hydrogen-bond acceptors (Lipinski definition) is 1. The van der Waals surface area contributed by atoms with E-state index in [1.807, 2.05) is 0 Å². The molecule has 1 rings (SSSR count). The van der Waals surface area contributed by atoms with Crippen molar-refractivity contribution >= 4 is 0 Å². The Hall–Kier alpha value is -1.10. The van der Waals surface area contributed by atoms with Crippen LogP contribution in [0.4, 0.5) is 17.6 Å². The lowest BCUT2D eigenvalue weighted by Gasteiger charge is -2.16. The number of aliphatic hydroxyl groups excluding tert-OH is 1. The van der Waals surface area contributed by atoms with E-state index in [2.05, 4.69) is 0 Å².